The summed E-state index contributed by atoms with van der Waals surface area (Å²) in [5, 5.41) is 0. The Balaban J connectivity index is 0. The van der Waals surface area contributed by atoms with E-state index in [0.717, 1.165) is 0 Å². The minimum absolute atomic E-state index is 0. The Morgan fingerprint density at radius 3 is 2.00 bits per heavy atom. The van der Waals surface area contributed by atoms with Crippen LogP contribution in [0.5, 0.6) is 0 Å². The van der Waals surface area contributed by atoms with E-state index < -0.39 is 12.7 Å². The Hall–Kier alpha value is -0.450. The number of nitrogens with two attached hydrogens (primary N) is 1. The Morgan fingerprint density at radius 1 is 1.50 bits per heavy atom. The first-order valence-electron chi connectivity index (χ1n) is 2.25. The summed E-state index contributed by atoms with van der Waals surface area (Å²) >= 11 is 0. The van der Waals surface area contributed by atoms with Crippen LogP contribution in [0, 0.1) is 0 Å². The van der Waals surface area contributed by atoms with E-state index in [9.17, 15) is 13.2 Å². The molecule has 0 saturated heterocycles. The maximum atomic E-state index is 11.3. The second-order valence-corrected chi connectivity index (χ2v) is 1.57. The molecule has 0 saturated carbocycles. The molecule has 0 heterocycles. The fraction of sp³-hybridized carbons (Fsp3) is 0.750. The quantitative estimate of drug-likeness (QED) is 0.475. The summed E-state index contributed by atoms with van der Waals surface area (Å²) in [6.45, 7) is 0.126. The minimum Gasteiger partial charge on any atom is -0.388 e. The zero-order chi connectivity index (χ0) is 7.49. The van der Waals surface area contributed by atoms with Gasteiger partial charge in [0.25, 0.3) is 0 Å². The number of hydrogen-bond donors (Lipinski definition) is 1. The van der Waals surface area contributed by atoms with Gasteiger partial charge in [0.2, 0.25) is 0 Å². The molecule has 10 heavy (non-hydrogen) atoms. The van der Waals surface area contributed by atoms with Crippen molar-refractivity contribution in [1.82, 2.24) is 0 Å². The third-order valence-electron chi connectivity index (χ3n) is 0.508. The van der Waals surface area contributed by atoms with E-state index in [1.54, 1.807) is 0 Å². The maximum Gasteiger partial charge on any atom is 0.408 e. The van der Waals surface area contributed by atoms with Crippen molar-refractivity contribution in [2.75, 3.05) is 6.54 Å². The van der Waals surface area contributed by atoms with Crippen LogP contribution in [-0.4, -0.2) is 18.6 Å². The molecular formula is C4H8ClF3N2. The molecule has 0 unspecified atom stereocenters. The van der Waals surface area contributed by atoms with Crippen molar-refractivity contribution >= 4 is 18.2 Å². The predicted octanol–water partition coefficient (Wildman–Crippen LogP) is 1.35. The Labute approximate surface area is 62.7 Å². The van der Waals surface area contributed by atoms with Gasteiger partial charge in [0.1, 0.15) is 6.54 Å². The molecule has 0 aromatic carbocycles. The first-order chi connectivity index (χ1) is 3.92. The molecule has 0 radical (unpaired) electrons. The monoisotopic (exact) mass is 176 g/mol. The fourth-order valence-corrected chi connectivity index (χ4v) is 0.214. The molecule has 2 N–H and O–H groups in total. The molecule has 62 valence electrons. The average Bonchev–Trinajstić information content (AvgIpc) is 1.59. The number of rotatable bonds is 1. The summed E-state index contributed by atoms with van der Waals surface area (Å²) in [6.07, 6.45) is -4.24. The smallest absolute Gasteiger partial charge is 0.388 e. The number of hydrogen-bond acceptors (Lipinski definition) is 1. The molecule has 0 fully saturated rings. The van der Waals surface area contributed by atoms with Crippen molar-refractivity contribution in [2.45, 2.75) is 13.1 Å². The van der Waals surface area contributed by atoms with Gasteiger partial charge in [-0.25, -0.2) is 0 Å². The van der Waals surface area contributed by atoms with Gasteiger partial charge >= 0.3 is 6.18 Å². The zero-order valence-corrected chi connectivity index (χ0v) is 6.09. The lowest BCUT2D eigenvalue weighted by Gasteiger charge is -2.00. The largest absolute Gasteiger partial charge is 0.408 e. The van der Waals surface area contributed by atoms with Gasteiger partial charge in [-0.05, 0) is 6.92 Å². The van der Waals surface area contributed by atoms with Gasteiger partial charge in [-0.2, -0.15) is 13.2 Å². The molecule has 0 bridgehead atoms. The Kier molecular flexibility index (Phi) is 5.36. The van der Waals surface area contributed by atoms with Crippen molar-refractivity contribution in [3.8, 4) is 0 Å². The second-order valence-electron chi connectivity index (χ2n) is 1.57. The van der Waals surface area contributed by atoms with Crippen LogP contribution in [0.15, 0.2) is 4.99 Å². The number of amidine groups is 1. The van der Waals surface area contributed by atoms with Crippen LogP contribution in [-0.2, 0) is 0 Å². The molecule has 0 aromatic rings. The zero-order valence-electron chi connectivity index (χ0n) is 5.27. The van der Waals surface area contributed by atoms with E-state index in [1.807, 2.05) is 0 Å². The molecule has 0 aliphatic heterocycles. The molecule has 0 aliphatic rings. The lowest BCUT2D eigenvalue weighted by atomic mass is 10.6. The number of alkyl halides is 3. The summed E-state index contributed by atoms with van der Waals surface area (Å²) in [4.78, 5) is 2.97. The Morgan fingerprint density at radius 2 is 1.90 bits per heavy atom. The van der Waals surface area contributed by atoms with Gasteiger partial charge in [-0.3, -0.25) is 4.99 Å². The van der Waals surface area contributed by atoms with Gasteiger partial charge in [0.15, 0.2) is 0 Å². The van der Waals surface area contributed by atoms with Crippen molar-refractivity contribution in [2.24, 2.45) is 10.7 Å². The molecule has 0 amide bonds. The number of nitrogens with zero attached hydrogens (tertiary/aromatic N) is 1. The molecule has 0 atom stereocenters. The van der Waals surface area contributed by atoms with Crippen molar-refractivity contribution in [1.29, 1.82) is 0 Å². The molecule has 0 aliphatic carbocycles. The topological polar surface area (TPSA) is 38.4 Å². The van der Waals surface area contributed by atoms with Crippen molar-refractivity contribution in [3.63, 3.8) is 0 Å². The maximum absolute atomic E-state index is 11.3. The molecule has 0 rings (SSSR count). The third-order valence-corrected chi connectivity index (χ3v) is 0.508. The Bertz CT molecular complexity index is 116. The predicted molar refractivity (Wildman–Crippen MR) is 35.5 cm³/mol. The van der Waals surface area contributed by atoms with Gasteiger partial charge in [-0.1, -0.05) is 0 Å². The van der Waals surface area contributed by atoms with Gasteiger partial charge in [0, 0.05) is 0 Å². The average molecular weight is 177 g/mol. The van der Waals surface area contributed by atoms with Crippen molar-refractivity contribution in [3.05, 3.63) is 0 Å². The number of halogens is 4. The van der Waals surface area contributed by atoms with E-state index in [-0.39, 0.29) is 18.2 Å². The van der Waals surface area contributed by atoms with Crippen LogP contribution in [0.3, 0.4) is 0 Å². The van der Waals surface area contributed by atoms with Crippen LogP contribution in [0.1, 0.15) is 6.92 Å². The van der Waals surface area contributed by atoms with E-state index in [0.29, 0.717) is 0 Å². The highest BCUT2D eigenvalue weighted by atomic mass is 35.5. The van der Waals surface area contributed by atoms with Crippen LogP contribution in [0.2, 0.25) is 0 Å². The standard InChI is InChI=1S/C4H7F3N2.ClH/c1-3(8)9-2-4(5,6)7;/h2H2,1H3,(H2,8,9);1H. The van der Waals surface area contributed by atoms with Crippen LogP contribution in [0.25, 0.3) is 0 Å². The summed E-state index contributed by atoms with van der Waals surface area (Å²) < 4.78 is 33.8. The van der Waals surface area contributed by atoms with Gasteiger partial charge in [-0.15, -0.1) is 12.4 Å². The lowest BCUT2D eigenvalue weighted by Crippen LogP contribution is -2.16. The minimum atomic E-state index is -4.24. The highest BCUT2D eigenvalue weighted by Crippen LogP contribution is 2.13. The number of aliphatic imine (C=N–C) groups is 1. The first-order valence-corrected chi connectivity index (χ1v) is 2.25. The van der Waals surface area contributed by atoms with Crippen LogP contribution < -0.4 is 5.73 Å². The van der Waals surface area contributed by atoms with E-state index in [2.05, 4.69) is 4.99 Å². The van der Waals surface area contributed by atoms with E-state index in [1.165, 1.54) is 6.92 Å². The second kappa shape index (κ2) is 4.38. The van der Waals surface area contributed by atoms with Crippen LogP contribution in [0.4, 0.5) is 13.2 Å². The molecule has 2 nitrogen and oxygen atoms in total. The molecule has 0 aromatic heterocycles. The first kappa shape index (κ1) is 12.2. The summed E-state index contributed by atoms with van der Waals surface area (Å²) in [6, 6.07) is 0. The molecular weight excluding hydrogens is 169 g/mol. The highest BCUT2D eigenvalue weighted by molar-refractivity contribution is 5.85. The highest BCUT2D eigenvalue weighted by Gasteiger charge is 2.26. The van der Waals surface area contributed by atoms with Gasteiger partial charge < -0.3 is 5.73 Å². The van der Waals surface area contributed by atoms with E-state index >= 15 is 0 Å². The normalized spacial score (nSPS) is 12.6. The SMILES string of the molecule is CC(N)=NCC(F)(F)F.Cl. The summed E-state index contributed by atoms with van der Waals surface area (Å²) in [7, 11) is 0. The van der Waals surface area contributed by atoms with E-state index in [4.69, 9.17) is 5.73 Å². The molecule has 6 heteroatoms. The third kappa shape index (κ3) is 10.5. The van der Waals surface area contributed by atoms with Crippen LogP contribution >= 0.6 is 12.4 Å². The molecule has 0 spiro atoms. The van der Waals surface area contributed by atoms with Gasteiger partial charge in [0.05, 0.1) is 5.84 Å². The van der Waals surface area contributed by atoms with Crippen molar-refractivity contribution < 1.29 is 13.2 Å². The fourth-order valence-electron chi connectivity index (χ4n) is 0.214. The summed E-state index contributed by atoms with van der Waals surface area (Å²) in [5.41, 5.74) is 4.85. The lowest BCUT2D eigenvalue weighted by molar-refractivity contribution is -0.118. The summed E-state index contributed by atoms with van der Waals surface area (Å²) in [5.74, 6) is -0.0488.